The van der Waals surface area contributed by atoms with Crippen molar-refractivity contribution >= 4 is 22.0 Å². The SMILES string of the molecule is CCc1ccc(C(=O)N2CCN(S(=O)(=O)C=Cc3ccccc3)CC2)cc1. The van der Waals surface area contributed by atoms with E-state index in [1.165, 1.54) is 15.3 Å². The minimum atomic E-state index is -3.49. The van der Waals surface area contributed by atoms with Crippen LogP contribution < -0.4 is 0 Å². The van der Waals surface area contributed by atoms with Gasteiger partial charge in [0.05, 0.1) is 0 Å². The van der Waals surface area contributed by atoms with Gasteiger partial charge in [-0.1, -0.05) is 49.4 Å². The van der Waals surface area contributed by atoms with Crippen molar-refractivity contribution in [3.05, 3.63) is 76.7 Å². The van der Waals surface area contributed by atoms with Crippen LogP contribution in [0, 0.1) is 0 Å². The molecule has 0 saturated carbocycles. The highest BCUT2D eigenvalue weighted by molar-refractivity contribution is 7.92. The van der Waals surface area contributed by atoms with E-state index in [1.54, 1.807) is 11.0 Å². The molecule has 6 heteroatoms. The van der Waals surface area contributed by atoms with Crippen LogP contribution in [-0.4, -0.2) is 49.7 Å². The van der Waals surface area contributed by atoms with Gasteiger partial charge in [0, 0.05) is 37.2 Å². The van der Waals surface area contributed by atoms with Crippen LogP contribution in [0.4, 0.5) is 0 Å². The van der Waals surface area contributed by atoms with Gasteiger partial charge in [0.25, 0.3) is 5.91 Å². The largest absolute Gasteiger partial charge is 0.336 e. The minimum Gasteiger partial charge on any atom is -0.336 e. The van der Waals surface area contributed by atoms with Crippen molar-refractivity contribution in [2.75, 3.05) is 26.2 Å². The molecule has 0 unspecified atom stereocenters. The summed E-state index contributed by atoms with van der Waals surface area (Å²) in [6, 6.07) is 16.9. The minimum absolute atomic E-state index is 0.0467. The van der Waals surface area contributed by atoms with E-state index in [1.807, 2.05) is 54.6 Å². The summed E-state index contributed by atoms with van der Waals surface area (Å²) in [5.41, 5.74) is 2.67. The van der Waals surface area contributed by atoms with Gasteiger partial charge in [-0.05, 0) is 35.8 Å². The fourth-order valence-electron chi connectivity index (χ4n) is 3.03. The van der Waals surface area contributed by atoms with E-state index in [2.05, 4.69) is 6.92 Å². The summed E-state index contributed by atoms with van der Waals surface area (Å²) in [7, 11) is -3.49. The number of hydrogen-bond donors (Lipinski definition) is 0. The Bertz CT molecular complexity index is 898. The normalized spacial score (nSPS) is 16.0. The van der Waals surface area contributed by atoms with Gasteiger partial charge in [-0.3, -0.25) is 4.79 Å². The number of nitrogens with zero attached hydrogens (tertiary/aromatic N) is 2. The molecular formula is C21H24N2O3S. The Morgan fingerprint density at radius 3 is 2.19 bits per heavy atom. The first-order chi connectivity index (χ1) is 13.0. The number of benzene rings is 2. The van der Waals surface area contributed by atoms with E-state index < -0.39 is 10.0 Å². The quantitative estimate of drug-likeness (QED) is 0.796. The molecule has 0 N–H and O–H groups in total. The molecule has 0 aliphatic carbocycles. The molecule has 142 valence electrons. The van der Waals surface area contributed by atoms with Gasteiger partial charge in [0.15, 0.2) is 0 Å². The molecule has 1 saturated heterocycles. The number of sulfonamides is 1. The fourth-order valence-corrected chi connectivity index (χ4v) is 4.20. The van der Waals surface area contributed by atoms with E-state index in [0.717, 1.165) is 12.0 Å². The lowest BCUT2D eigenvalue weighted by Crippen LogP contribution is -2.50. The third kappa shape index (κ3) is 4.84. The van der Waals surface area contributed by atoms with Crippen LogP contribution in [-0.2, 0) is 16.4 Å². The second kappa shape index (κ2) is 8.50. The molecule has 0 bridgehead atoms. The molecule has 1 amide bonds. The number of hydrogen-bond acceptors (Lipinski definition) is 3. The molecule has 1 heterocycles. The lowest BCUT2D eigenvalue weighted by Gasteiger charge is -2.33. The molecule has 1 fully saturated rings. The number of carbonyl (C=O) groups is 1. The fraction of sp³-hybridized carbons (Fsp3) is 0.286. The Hall–Kier alpha value is -2.44. The maximum Gasteiger partial charge on any atom is 0.253 e. The Morgan fingerprint density at radius 1 is 0.963 bits per heavy atom. The zero-order chi connectivity index (χ0) is 19.3. The molecule has 0 radical (unpaired) electrons. The zero-order valence-electron chi connectivity index (χ0n) is 15.4. The average molecular weight is 385 g/mol. The topological polar surface area (TPSA) is 57.7 Å². The van der Waals surface area contributed by atoms with Crippen LogP contribution in [0.5, 0.6) is 0 Å². The van der Waals surface area contributed by atoms with Gasteiger partial charge in [0.1, 0.15) is 0 Å². The standard InChI is InChI=1S/C21H24N2O3S/c1-2-18-8-10-20(11-9-18)21(24)22-13-15-23(16-14-22)27(25,26)17-12-19-6-4-3-5-7-19/h3-12,17H,2,13-16H2,1H3. The molecule has 2 aromatic rings. The van der Waals surface area contributed by atoms with Crippen molar-refractivity contribution < 1.29 is 13.2 Å². The number of amides is 1. The zero-order valence-corrected chi connectivity index (χ0v) is 16.2. The summed E-state index contributed by atoms with van der Waals surface area (Å²) in [6.45, 7) is 3.47. The molecule has 3 rings (SSSR count). The second-order valence-corrected chi connectivity index (χ2v) is 8.32. The highest BCUT2D eigenvalue weighted by Gasteiger charge is 2.27. The summed E-state index contributed by atoms with van der Waals surface area (Å²) in [6.07, 6.45) is 2.53. The molecule has 0 spiro atoms. The first kappa shape index (κ1) is 19.3. The monoisotopic (exact) mass is 384 g/mol. The molecule has 1 aliphatic rings. The van der Waals surface area contributed by atoms with Crippen LogP contribution in [0.2, 0.25) is 0 Å². The van der Waals surface area contributed by atoms with E-state index in [0.29, 0.717) is 31.7 Å². The van der Waals surface area contributed by atoms with Crippen LogP contribution in [0.1, 0.15) is 28.4 Å². The number of aryl methyl sites for hydroxylation is 1. The summed E-state index contributed by atoms with van der Waals surface area (Å²) >= 11 is 0. The van der Waals surface area contributed by atoms with Crippen molar-refractivity contribution in [2.45, 2.75) is 13.3 Å². The van der Waals surface area contributed by atoms with Crippen molar-refractivity contribution in [3.63, 3.8) is 0 Å². The van der Waals surface area contributed by atoms with Crippen LogP contribution in [0.3, 0.4) is 0 Å². The van der Waals surface area contributed by atoms with Crippen LogP contribution in [0.15, 0.2) is 60.0 Å². The van der Waals surface area contributed by atoms with Crippen molar-refractivity contribution in [2.24, 2.45) is 0 Å². The molecule has 2 aromatic carbocycles. The average Bonchev–Trinajstić information content (AvgIpc) is 2.73. The Labute approximate surface area is 161 Å². The smallest absolute Gasteiger partial charge is 0.253 e. The first-order valence-electron chi connectivity index (χ1n) is 9.11. The Balaban J connectivity index is 1.60. The second-order valence-electron chi connectivity index (χ2n) is 6.50. The maximum atomic E-state index is 12.6. The third-order valence-electron chi connectivity index (χ3n) is 4.73. The molecule has 0 aromatic heterocycles. The van der Waals surface area contributed by atoms with Crippen LogP contribution >= 0.6 is 0 Å². The molecule has 0 atom stereocenters. The van der Waals surface area contributed by atoms with Gasteiger partial charge in [-0.25, -0.2) is 8.42 Å². The molecular weight excluding hydrogens is 360 g/mol. The van der Waals surface area contributed by atoms with E-state index in [4.69, 9.17) is 0 Å². The van der Waals surface area contributed by atoms with Gasteiger partial charge in [-0.2, -0.15) is 4.31 Å². The predicted octanol–water partition coefficient (Wildman–Crippen LogP) is 3.01. The van der Waals surface area contributed by atoms with Gasteiger partial charge in [0.2, 0.25) is 10.0 Å². The van der Waals surface area contributed by atoms with Gasteiger partial charge in [-0.15, -0.1) is 0 Å². The number of rotatable bonds is 5. The van der Waals surface area contributed by atoms with Gasteiger partial charge < -0.3 is 4.90 Å². The number of carbonyl (C=O) groups excluding carboxylic acids is 1. The molecule has 1 aliphatic heterocycles. The molecule has 5 nitrogen and oxygen atoms in total. The van der Waals surface area contributed by atoms with Crippen molar-refractivity contribution in [1.29, 1.82) is 0 Å². The Morgan fingerprint density at radius 2 is 1.59 bits per heavy atom. The number of piperazine rings is 1. The van der Waals surface area contributed by atoms with E-state index in [9.17, 15) is 13.2 Å². The van der Waals surface area contributed by atoms with E-state index in [-0.39, 0.29) is 5.91 Å². The third-order valence-corrected chi connectivity index (χ3v) is 6.29. The predicted molar refractivity (Wildman–Crippen MR) is 108 cm³/mol. The highest BCUT2D eigenvalue weighted by Crippen LogP contribution is 2.14. The highest BCUT2D eigenvalue weighted by atomic mass is 32.2. The van der Waals surface area contributed by atoms with Crippen molar-refractivity contribution in [1.82, 2.24) is 9.21 Å². The maximum absolute atomic E-state index is 12.6. The van der Waals surface area contributed by atoms with Crippen LogP contribution in [0.25, 0.3) is 6.08 Å². The lowest BCUT2D eigenvalue weighted by atomic mass is 10.1. The van der Waals surface area contributed by atoms with E-state index >= 15 is 0 Å². The summed E-state index contributed by atoms with van der Waals surface area (Å²) in [4.78, 5) is 14.3. The summed E-state index contributed by atoms with van der Waals surface area (Å²) in [5.74, 6) is -0.0467. The lowest BCUT2D eigenvalue weighted by molar-refractivity contribution is 0.0698. The molecule has 27 heavy (non-hydrogen) atoms. The summed E-state index contributed by atoms with van der Waals surface area (Å²) < 4.78 is 26.5. The van der Waals surface area contributed by atoms with Crippen molar-refractivity contribution in [3.8, 4) is 0 Å². The Kier molecular flexibility index (Phi) is 6.08. The summed E-state index contributed by atoms with van der Waals surface area (Å²) in [5, 5.41) is 1.24. The first-order valence-corrected chi connectivity index (χ1v) is 10.6. The van der Waals surface area contributed by atoms with Gasteiger partial charge >= 0.3 is 0 Å².